The number of amides is 1. The molecule has 9 nitrogen and oxygen atoms in total. The van der Waals surface area contributed by atoms with Crippen LogP contribution in [0.15, 0.2) is 12.2 Å². The number of ether oxygens (including phenoxy) is 2. The van der Waals surface area contributed by atoms with Gasteiger partial charge in [-0.25, -0.2) is 0 Å². The van der Waals surface area contributed by atoms with Crippen molar-refractivity contribution in [2.24, 2.45) is 0 Å². The molecule has 65 heavy (non-hydrogen) atoms. The van der Waals surface area contributed by atoms with Gasteiger partial charge in [0, 0.05) is 6.42 Å². The Morgan fingerprint density at radius 3 is 1.20 bits per heavy atom. The van der Waals surface area contributed by atoms with Crippen molar-refractivity contribution in [2.45, 2.75) is 326 Å². The van der Waals surface area contributed by atoms with E-state index in [2.05, 4.69) is 19.2 Å². The molecule has 6 N–H and O–H groups in total. The summed E-state index contributed by atoms with van der Waals surface area (Å²) in [4.78, 5) is 12.9. The van der Waals surface area contributed by atoms with Gasteiger partial charge in [0.25, 0.3) is 0 Å². The van der Waals surface area contributed by atoms with Crippen LogP contribution in [0.3, 0.4) is 0 Å². The molecule has 9 heteroatoms. The summed E-state index contributed by atoms with van der Waals surface area (Å²) in [6, 6.07) is -0.798. The third kappa shape index (κ3) is 36.6. The second kappa shape index (κ2) is 46.6. The molecule has 0 saturated carbocycles. The van der Waals surface area contributed by atoms with E-state index in [1.54, 1.807) is 6.08 Å². The molecule has 1 saturated heterocycles. The van der Waals surface area contributed by atoms with Crippen LogP contribution in [0.25, 0.3) is 0 Å². The molecule has 1 heterocycles. The van der Waals surface area contributed by atoms with Gasteiger partial charge in [0.05, 0.1) is 25.4 Å². The number of carbonyl (C=O) groups is 1. The topological polar surface area (TPSA) is 149 Å². The van der Waals surface area contributed by atoms with Gasteiger partial charge in [-0.15, -0.1) is 0 Å². The second-order valence-corrected chi connectivity index (χ2v) is 20.1. The minimum absolute atomic E-state index is 0.176. The lowest BCUT2D eigenvalue weighted by atomic mass is 9.99. The van der Waals surface area contributed by atoms with Gasteiger partial charge >= 0.3 is 0 Å². The van der Waals surface area contributed by atoms with Gasteiger partial charge in [0.15, 0.2) is 6.29 Å². The van der Waals surface area contributed by atoms with Crippen LogP contribution in [0.4, 0.5) is 0 Å². The first kappa shape index (κ1) is 61.9. The fourth-order valence-corrected chi connectivity index (χ4v) is 9.34. The van der Waals surface area contributed by atoms with Crippen LogP contribution >= 0.6 is 0 Å². The highest BCUT2D eigenvalue weighted by Crippen LogP contribution is 2.23. The molecule has 0 aromatic rings. The number of carbonyl (C=O) groups excluding carboxylic acids is 1. The monoisotopic (exact) mass is 924 g/mol. The first-order valence-corrected chi connectivity index (χ1v) is 28.4. The molecule has 0 aliphatic carbocycles. The number of rotatable bonds is 49. The van der Waals surface area contributed by atoms with Gasteiger partial charge < -0.3 is 40.3 Å². The molecule has 0 bridgehead atoms. The fraction of sp³-hybridized carbons (Fsp3) is 0.946. The fourth-order valence-electron chi connectivity index (χ4n) is 9.34. The van der Waals surface area contributed by atoms with E-state index < -0.39 is 49.5 Å². The number of aliphatic hydroxyl groups is 5. The van der Waals surface area contributed by atoms with Crippen molar-refractivity contribution >= 4 is 5.91 Å². The molecule has 1 aliphatic rings. The standard InChI is InChI=1S/C56H109NO8/c1-3-5-7-9-11-13-15-16-17-18-19-20-21-22-23-24-25-26-27-28-29-30-31-32-33-34-35-36-37-39-41-43-45-50(59)49(48-64-56-55(63)54(62)53(61)51(47-58)65-56)57-52(60)46-44-42-40-38-14-12-10-8-6-4-2/h43,45,49-51,53-56,58-59,61-63H,3-42,44,46-48H2,1-2H3,(H,57,60)/b45-43+. The van der Waals surface area contributed by atoms with Gasteiger partial charge in [-0.3, -0.25) is 4.79 Å². The first-order valence-electron chi connectivity index (χ1n) is 28.4. The molecule has 0 spiro atoms. The Morgan fingerprint density at radius 2 is 0.846 bits per heavy atom. The Labute approximate surface area is 401 Å². The van der Waals surface area contributed by atoms with E-state index in [-0.39, 0.29) is 12.5 Å². The van der Waals surface area contributed by atoms with Crippen LogP contribution in [0.5, 0.6) is 0 Å². The number of unbranched alkanes of at least 4 members (excludes halogenated alkanes) is 39. The zero-order valence-corrected chi connectivity index (χ0v) is 42.8. The molecule has 1 rings (SSSR count). The summed E-state index contributed by atoms with van der Waals surface area (Å²) in [6.07, 6.45) is 50.2. The Hall–Kier alpha value is -1.07. The van der Waals surface area contributed by atoms with E-state index in [1.165, 1.54) is 225 Å². The summed E-state index contributed by atoms with van der Waals surface area (Å²) in [7, 11) is 0. The van der Waals surface area contributed by atoms with Crippen LogP contribution in [-0.4, -0.2) is 87.5 Å². The minimum atomic E-state index is -1.56. The highest BCUT2D eigenvalue weighted by molar-refractivity contribution is 5.76. The van der Waals surface area contributed by atoms with E-state index in [9.17, 15) is 30.3 Å². The van der Waals surface area contributed by atoms with Gasteiger partial charge in [-0.1, -0.05) is 270 Å². The van der Waals surface area contributed by atoms with Crippen molar-refractivity contribution in [3.8, 4) is 0 Å². The summed E-state index contributed by atoms with van der Waals surface area (Å²) in [5.74, 6) is -0.176. The van der Waals surface area contributed by atoms with E-state index >= 15 is 0 Å². The predicted molar refractivity (Wildman–Crippen MR) is 272 cm³/mol. The average Bonchev–Trinajstić information content (AvgIpc) is 3.31. The van der Waals surface area contributed by atoms with Crippen LogP contribution in [-0.2, 0) is 14.3 Å². The van der Waals surface area contributed by atoms with E-state index in [0.29, 0.717) is 6.42 Å². The molecule has 1 fully saturated rings. The zero-order chi connectivity index (χ0) is 47.3. The molecule has 386 valence electrons. The normalized spacial score (nSPS) is 19.9. The molecule has 0 aromatic heterocycles. The van der Waals surface area contributed by atoms with Crippen LogP contribution < -0.4 is 5.32 Å². The Bertz CT molecular complexity index is 1030. The van der Waals surface area contributed by atoms with Gasteiger partial charge in [-0.05, 0) is 19.3 Å². The second-order valence-electron chi connectivity index (χ2n) is 20.1. The summed E-state index contributed by atoms with van der Waals surface area (Å²) in [6.45, 7) is 3.78. The van der Waals surface area contributed by atoms with Gasteiger partial charge in [0.1, 0.15) is 24.4 Å². The van der Waals surface area contributed by atoms with Crippen molar-refractivity contribution < 1.29 is 39.8 Å². The minimum Gasteiger partial charge on any atom is -0.394 e. The number of allylic oxidation sites excluding steroid dienone is 1. The van der Waals surface area contributed by atoms with Gasteiger partial charge in [-0.2, -0.15) is 0 Å². The summed E-state index contributed by atoms with van der Waals surface area (Å²) in [5, 5.41) is 54.3. The number of hydrogen-bond acceptors (Lipinski definition) is 8. The lowest BCUT2D eigenvalue weighted by Gasteiger charge is -2.40. The van der Waals surface area contributed by atoms with E-state index in [4.69, 9.17) is 9.47 Å². The molecule has 0 radical (unpaired) electrons. The van der Waals surface area contributed by atoms with E-state index in [1.807, 2.05) is 6.08 Å². The van der Waals surface area contributed by atoms with Gasteiger partial charge in [0.2, 0.25) is 5.91 Å². The Morgan fingerprint density at radius 1 is 0.508 bits per heavy atom. The SMILES string of the molecule is CCCCCCCCCCCCCCCCCCCCCCCCCCCCCCCC/C=C/C(O)C(COC1OC(CO)C(O)C(O)C1O)NC(=O)CCCCCCCCCCCC. The van der Waals surface area contributed by atoms with Crippen LogP contribution in [0, 0.1) is 0 Å². The van der Waals surface area contributed by atoms with Crippen molar-refractivity contribution in [1.29, 1.82) is 0 Å². The highest BCUT2D eigenvalue weighted by Gasteiger charge is 2.44. The highest BCUT2D eigenvalue weighted by atomic mass is 16.7. The molecule has 1 aliphatic heterocycles. The average molecular weight is 924 g/mol. The smallest absolute Gasteiger partial charge is 0.220 e. The number of aliphatic hydroxyl groups excluding tert-OH is 5. The van der Waals surface area contributed by atoms with Crippen molar-refractivity contribution in [3.63, 3.8) is 0 Å². The number of hydrogen-bond donors (Lipinski definition) is 6. The summed E-state index contributed by atoms with van der Waals surface area (Å²) < 4.78 is 11.2. The third-order valence-corrected chi connectivity index (χ3v) is 13.9. The maximum absolute atomic E-state index is 12.9. The molecule has 1 amide bonds. The Kier molecular flexibility index (Phi) is 44.5. The van der Waals surface area contributed by atoms with E-state index in [0.717, 1.165) is 38.5 Å². The lowest BCUT2D eigenvalue weighted by Crippen LogP contribution is -2.60. The number of nitrogens with one attached hydrogen (secondary N) is 1. The van der Waals surface area contributed by atoms with Crippen LogP contribution in [0.1, 0.15) is 284 Å². The van der Waals surface area contributed by atoms with Crippen LogP contribution in [0.2, 0.25) is 0 Å². The molecular formula is C56H109NO8. The molecular weight excluding hydrogens is 815 g/mol. The summed E-state index contributed by atoms with van der Waals surface area (Å²) in [5.41, 5.74) is 0. The summed E-state index contributed by atoms with van der Waals surface area (Å²) >= 11 is 0. The first-order chi connectivity index (χ1) is 31.8. The molecule has 7 atom stereocenters. The van der Waals surface area contributed by atoms with Crippen molar-refractivity contribution in [2.75, 3.05) is 13.2 Å². The predicted octanol–water partition coefficient (Wildman–Crippen LogP) is 13.6. The molecule has 7 unspecified atom stereocenters. The lowest BCUT2D eigenvalue weighted by molar-refractivity contribution is -0.302. The largest absolute Gasteiger partial charge is 0.394 e. The quantitative estimate of drug-likeness (QED) is 0.0261. The Balaban J connectivity index is 2.10. The van der Waals surface area contributed by atoms with Crippen molar-refractivity contribution in [1.82, 2.24) is 5.32 Å². The third-order valence-electron chi connectivity index (χ3n) is 13.9. The molecule has 0 aromatic carbocycles. The zero-order valence-electron chi connectivity index (χ0n) is 42.8. The maximum atomic E-state index is 12.9. The van der Waals surface area contributed by atoms with Crippen molar-refractivity contribution in [3.05, 3.63) is 12.2 Å². The maximum Gasteiger partial charge on any atom is 0.220 e.